The number of rotatable bonds is 2. The van der Waals surface area contributed by atoms with Crippen LogP contribution >= 0.6 is 0 Å². The van der Waals surface area contributed by atoms with Crippen LogP contribution in [0.3, 0.4) is 0 Å². The summed E-state index contributed by atoms with van der Waals surface area (Å²) in [6, 6.07) is 16.4. The Labute approximate surface area is 147 Å². The number of amides is 1. The van der Waals surface area contributed by atoms with Crippen LogP contribution in [0.5, 0.6) is 5.88 Å². The SMILES string of the molecule is Cc1cc(C)c2nc3c(cc2c1)CN(Cc1ccccc1)C(=O)CO3. The lowest BCUT2D eigenvalue weighted by Gasteiger charge is -2.20. The summed E-state index contributed by atoms with van der Waals surface area (Å²) in [4.78, 5) is 19.0. The van der Waals surface area contributed by atoms with E-state index in [9.17, 15) is 4.79 Å². The summed E-state index contributed by atoms with van der Waals surface area (Å²) in [5.74, 6) is 0.558. The molecule has 0 atom stereocenters. The van der Waals surface area contributed by atoms with Crippen LogP contribution in [-0.4, -0.2) is 22.4 Å². The van der Waals surface area contributed by atoms with E-state index in [0.29, 0.717) is 19.0 Å². The molecule has 126 valence electrons. The second-order valence-electron chi connectivity index (χ2n) is 6.63. The van der Waals surface area contributed by atoms with Crippen molar-refractivity contribution < 1.29 is 9.53 Å². The van der Waals surface area contributed by atoms with Crippen molar-refractivity contribution in [2.24, 2.45) is 0 Å². The summed E-state index contributed by atoms with van der Waals surface area (Å²) in [6.45, 7) is 5.26. The molecule has 0 unspecified atom stereocenters. The van der Waals surface area contributed by atoms with Crippen molar-refractivity contribution in [3.05, 3.63) is 70.8 Å². The van der Waals surface area contributed by atoms with Crippen molar-refractivity contribution >= 4 is 16.8 Å². The Morgan fingerprint density at radius 3 is 2.72 bits per heavy atom. The van der Waals surface area contributed by atoms with Gasteiger partial charge in [-0.2, -0.15) is 0 Å². The lowest BCUT2D eigenvalue weighted by molar-refractivity contribution is -0.133. The molecule has 0 fully saturated rings. The minimum absolute atomic E-state index is 0.0150. The summed E-state index contributed by atoms with van der Waals surface area (Å²) in [5, 5.41) is 1.09. The van der Waals surface area contributed by atoms with Crippen LogP contribution in [-0.2, 0) is 17.9 Å². The van der Waals surface area contributed by atoms with E-state index in [4.69, 9.17) is 9.72 Å². The molecular weight excluding hydrogens is 312 g/mol. The van der Waals surface area contributed by atoms with E-state index < -0.39 is 0 Å². The number of ether oxygens (including phenoxy) is 1. The number of carbonyl (C=O) groups excluding carboxylic acids is 1. The molecule has 0 bridgehead atoms. The third kappa shape index (κ3) is 3.07. The zero-order chi connectivity index (χ0) is 17.4. The summed E-state index contributed by atoms with van der Waals surface area (Å²) >= 11 is 0. The van der Waals surface area contributed by atoms with Gasteiger partial charge < -0.3 is 9.64 Å². The normalized spacial score (nSPS) is 14.2. The first-order valence-electron chi connectivity index (χ1n) is 8.45. The molecule has 25 heavy (non-hydrogen) atoms. The predicted molar refractivity (Wildman–Crippen MR) is 97.4 cm³/mol. The maximum Gasteiger partial charge on any atom is 0.261 e. The van der Waals surface area contributed by atoms with E-state index >= 15 is 0 Å². The quantitative estimate of drug-likeness (QED) is 0.717. The minimum Gasteiger partial charge on any atom is -0.467 e. The van der Waals surface area contributed by atoms with Gasteiger partial charge >= 0.3 is 0 Å². The molecular formula is C21H20N2O2. The highest BCUT2D eigenvalue weighted by Crippen LogP contribution is 2.28. The molecule has 4 nitrogen and oxygen atoms in total. The van der Waals surface area contributed by atoms with Gasteiger partial charge in [0.2, 0.25) is 5.88 Å². The number of benzene rings is 2. The van der Waals surface area contributed by atoms with Gasteiger partial charge in [0.1, 0.15) is 0 Å². The molecule has 0 aliphatic carbocycles. The number of pyridine rings is 1. The highest BCUT2D eigenvalue weighted by atomic mass is 16.5. The van der Waals surface area contributed by atoms with E-state index in [1.54, 1.807) is 0 Å². The molecule has 0 radical (unpaired) electrons. The molecule has 0 saturated heterocycles. The second kappa shape index (κ2) is 6.20. The highest BCUT2D eigenvalue weighted by Gasteiger charge is 2.23. The zero-order valence-corrected chi connectivity index (χ0v) is 14.5. The molecule has 0 spiro atoms. The molecule has 1 aliphatic heterocycles. The monoisotopic (exact) mass is 332 g/mol. The van der Waals surface area contributed by atoms with Gasteiger partial charge in [0.05, 0.1) is 12.1 Å². The number of aromatic nitrogens is 1. The van der Waals surface area contributed by atoms with Crippen LogP contribution in [0.25, 0.3) is 10.9 Å². The second-order valence-corrected chi connectivity index (χ2v) is 6.63. The Kier molecular flexibility index (Phi) is 3.88. The van der Waals surface area contributed by atoms with Gasteiger partial charge in [0, 0.05) is 17.5 Å². The molecule has 1 aliphatic rings. The molecule has 4 heteroatoms. The molecule has 1 amide bonds. The molecule has 0 saturated carbocycles. The molecule has 2 heterocycles. The van der Waals surface area contributed by atoms with Gasteiger partial charge in [-0.05, 0) is 37.1 Å². The van der Waals surface area contributed by atoms with Gasteiger partial charge in [0.15, 0.2) is 6.61 Å². The number of nitrogens with zero attached hydrogens (tertiary/aromatic N) is 2. The summed E-state index contributed by atoms with van der Waals surface area (Å²) < 4.78 is 5.72. The highest BCUT2D eigenvalue weighted by molar-refractivity contribution is 5.85. The average molecular weight is 332 g/mol. The number of hydrogen-bond donors (Lipinski definition) is 0. The topological polar surface area (TPSA) is 42.4 Å². The van der Waals surface area contributed by atoms with Gasteiger partial charge in [-0.15, -0.1) is 0 Å². The Morgan fingerprint density at radius 2 is 1.92 bits per heavy atom. The first kappa shape index (κ1) is 15.6. The molecule has 3 aromatic rings. The Hall–Kier alpha value is -2.88. The Balaban J connectivity index is 1.72. The fraction of sp³-hybridized carbons (Fsp3) is 0.238. The number of hydrogen-bond acceptors (Lipinski definition) is 3. The summed E-state index contributed by atoms with van der Waals surface area (Å²) in [5.41, 5.74) is 5.34. The lowest BCUT2D eigenvalue weighted by Crippen LogP contribution is -2.31. The van der Waals surface area contributed by atoms with Crippen LogP contribution in [0.2, 0.25) is 0 Å². The third-order valence-electron chi connectivity index (χ3n) is 4.55. The van der Waals surface area contributed by atoms with E-state index in [1.165, 1.54) is 5.56 Å². The maximum absolute atomic E-state index is 12.5. The van der Waals surface area contributed by atoms with E-state index in [2.05, 4.69) is 32.0 Å². The molecule has 1 aromatic heterocycles. The smallest absolute Gasteiger partial charge is 0.261 e. The van der Waals surface area contributed by atoms with Crippen molar-refractivity contribution in [1.29, 1.82) is 0 Å². The van der Waals surface area contributed by atoms with Crippen molar-refractivity contribution in [1.82, 2.24) is 9.88 Å². The molecule has 2 aromatic carbocycles. The number of fused-ring (bicyclic) bond motifs is 2. The number of carbonyl (C=O) groups is 1. The number of aryl methyl sites for hydroxylation is 2. The standard InChI is InChI=1S/C21H20N2O2/c1-14-8-15(2)20-17(9-14)10-18-12-23(11-16-6-4-3-5-7-16)19(24)13-25-21(18)22-20/h3-10H,11-13H2,1-2H3. The first-order valence-corrected chi connectivity index (χ1v) is 8.45. The van der Waals surface area contributed by atoms with Crippen LogP contribution in [0.1, 0.15) is 22.3 Å². The van der Waals surface area contributed by atoms with Crippen molar-refractivity contribution in [2.75, 3.05) is 6.61 Å². The third-order valence-corrected chi connectivity index (χ3v) is 4.55. The lowest BCUT2D eigenvalue weighted by atomic mass is 10.0. The zero-order valence-electron chi connectivity index (χ0n) is 14.5. The largest absolute Gasteiger partial charge is 0.467 e. The molecule has 0 N–H and O–H groups in total. The first-order chi connectivity index (χ1) is 12.1. The summed E-state index contributed by atoms with van der Waals surface area (Å²) in [7, 11) is 0. The van der Waals surface area contributed by atoms with Crippen LogP contribution < -0.4 is 4.74 Å². The van der Waals surface area contributed by atoms with Crippen LogP contribution in [0.4, 0.5) is 0 Å². The maximum atomic E-state index is 12.5. The fourth-order valence-electron chi connectivity index (χ4n) is 3.38. The van der Waals surface area contributed by atoms with Gasteiger partial charge in [-0.1, -0.05) is 42.0 Å². The fourth-order valence-corrected chi connectivity index (χ4v) is 3.38. The van der Waals surface area contributed by atoms with Gasteiger partial charge in [-0.3, -0.25) is 4.79 Å². The average Bonchev–Trinajstić information content (AvgIpc) is 2.74. The van der Waals surface area contributed by atoms with Crippen LogP contribution in [0, 0.1) is 13.8 Å². The Bertz CT molecular complexity index is 951. The van der Waals surface area contributed by atoms with Gasteiger partial charge in [0.25, 0.3) is 5.91 Å². The van der Waals surface area contributed by atoms with Crippen LogP contribution in [0.15, 0.2) is 48.5 Å². The van der Waals surface area contributed by atoms with E-state index in [0.717, 1.165) is 27.6 Å². The summed E-state index contributed by atoms with van der Waals surface area (Å²) in [6.07, 6.45) is 0. The van der Waals surface area contributed by atoms with Crippen molar-refractivity contribution in [3.63, 3.8) is 0 Å². The molecule has 4 rings (SSSR count). The van der Waals surface area contributed by atoms with Gasteiger partial charge in [-0.25, -0.2) is 4.98 Å². The van der Waals surface area contributed by atoms with Crippen molar-refractivity contribution in [2.45, 2.75) is 26.9 Å². The predicted octanol–water partition coefficient (Wildman–Crippen LogP) is 3.77. The van der Waals surface area contributed by atoms with E-state index in [1.807, 2.05) is 35.2 Å². The Morgan fingerprint density at radius 1 is 1.12 bits per heavy atom. The van der Waals surface area contributed by atoms with Crippen molar-refractivity contribution in [3.8, 4) is 5.88 Å². The minimum atomic E-state index is -0.0150. The van der Waals surface area contributed by atoms with E-state index in [-0.39, 0.29) is 12.5 Å².